The lowest BCUT2D eigenvalue weighted by Crippen LogP contribution is -2.23. The first-order valence-corrected chi connectivity index (χ1v) is 6.06. The molecule has 0 aliphatic rings. The molecule has 2 aromatic rings. The topological polar surface area (TPSA) is 52.5 Å². The van der Waals surface area contributed by atoms with Crippen molar-refractivity contribution in [2.75, 3.05) is 6.61 Å². The number of hydrogen-bond acceptors (Lipinski definition) is 3. The van der Waals surface area contributed by atoms with Gasteiger partial charge in [0.05, 0.1) is 12.6 Å². The summed E-state index contributed by atoms with van der Waals surface area (Å²) in [6.07, 6.45) is 0. The van der Waals surface area contributed by atoms with Gasteiger partial charge in [0.2, 0.25) is 0 Å². The molecule has 0 heterocycles. The third kappa shape index (κ3) is 3.77. The van der Waals surface area contributed by atoms with E-state index in [1.165, 1.54) is 12.1 Å². The van der Waals surface area contributed by atoms with Crippen molar-refractivity contribution in [2.45, 2.75) is 12.6 Å². The van der Waals surface area contributed by atoms with E-state index in [2.05, 4.69) is 5.32 Å². The Morgan fingerprint density at radius 3 is 2.47 bits per heavy atom. The Morgan fingerprint density at radius 1 is 1.11 bits per heavy atom. The number of phenols is 1. The maximum atomic E-state index is 13.1. The fourth-order valence-corrected chi connectivity index (χ4v) is 1.95. The van der Waals surface area contributed by atoms with Gasteiger partial charge >= 0.3 is 0 Å². The molecule has 0 radical (unpaired) electrons. The molecule has 3 N–H and O–H groups in total. The summed E-state index contributed by atoms with van der Waals surface area (Å²) in [7, 11) is 0. The molecule has 100 valence electrons. The molecule has 0 saturated carbocycles. The van der Waals surface area contributed by atoms with Crippen LogP contribution in [0.3, 0.4) is 0 Å². The largest absolute Gasteiger partial charge is 0.508 e. The predicted molar refractivity (Wildman–Crippen MR) is 71.2 cm³/mol. The van der Waals surface area contributed by atoms with Crippen molar-refractivity contribution in [1.82, 2.24) is 5.32 Å². The quantitative estimate of drug-likeness (QED) is 0.774. The summed E-state index contributed by atoms with van der Waals surface area (Å²) in [6.45, 7) is 0.316. The lowest BCUT2D eigenvalue weighted by molar-refractivity contribution is 0.243. The van der Waals surface area contributed by atoms with E-state index < -0.39 is 5.82 Å². The Labute approximate surface area is 111 Å². The predicted octanol–water partition coefficient (Wildman–Crippen LogP) is 2.35. The van der Waals surface area contributed by atoms with Crippen molar-refractivity contribution in [1.29, 1.82) is 0 Å². The highest BCUT2D eigenvalue weighted by Crippen LogP contribution is 2.16. The van der Waals surface area contributed by atoms with Crippen LogP contribution in [0.25, 0.3) is 0 Å². The van der Waals surface area contributed by atoms with Gasteiger partial charge in [0.15, 0.2) is 0 Å². The molecule has 0 aromatic heterocycles. The molecule has 2 aromatic carbocycles. The molecule has 0 fully saturated rings. The van der Waals surface area contributed by atoms with E-state index in [0.29, 0.717) is 12.1 Å². The number of hydrogen-bond donors (Lipinski definition) is 3. The standard InChI is InChI=1S/C15H16FNO2/c16-13-6-11(7-14(19)8-13)9-17-15(10-18)12-4-2-1-3-5-12/h1-8,15,17-19H,9-10H2/t15-/m1/s1. The smallest absolute Gasteiger partial charge is 0.127 e. The third-order valence-electron chi connectivity index (χ3n) is 2.88. The molecule has 3 nitrogen and oxygen atoms in total. The first kappa shape index (κ1) is 13.5. The second-order valence-electron chi connectivity index (χ2n) is 4.34. The maximum Gasteiger partial charge on any atom is 0.127 e. The molecule has 0 saturated heterocycles. The highest BCUT2D eigenvalue weighted by Gasteiger charge is 2.09. The molecule has 1 atom stereocenters. The lowest BCUT2D eigenvalue weighted by atomic mass is 10.1. The molecule has 0 spiro atoms. The van der Waals surface area contributed by atoms with Gasteiger partial charge in [0.25, 0.3) is 0 Å². The van der Waals surface area contributed by atoms with Crippen molar-refractivity contribution in [3.05, 3.63) is 65.5 Å². The van der Waals surface area contributed by atoms with Crippen LogP contribution in [0.4, 0.5) is 4.39 Å². The van der Waals surface area contributed by atoms with Crippen LogP contribution in [-0.2, 0) is 6.54 Å². The van der Waals surface area contributed by atoms with Gasteiger partial charge in [0, 0.05) is 12.6 Å². The van der Waals surface area contributed by atoms with Gasteiger partial charge in [-0.15, -0.1) is 0 Å². The fourth-order valence-electron chi connectivity index (χ4n) is 1.95. The first-order valence-electron chi connectivity index (χ1n) is 6.06. The number of nitrogens with one attached hydrogen (secondary N) is 1. The van der Waals surface area contributed by atoms with E-state index in [0.717, 1.165) is 11.6 Å². The van der Waals surface area contributed by atoms with Gasteiger partial charge in [0.1, 0.15) is 11.6 Å². The van der Waals surface area contributed by atoms with Gasteiger partial charge in [-0.25, -0.2) is 4.39 Å². The monoisotopic (exact) mass is 261 g/mol. The van der Waals surface area contributed by atoms with E-state index in [-0.39, 0.29) is 18.4 Å². The van der Waals surface area contributed by atoms with Crippen LogP contribution < -0.4 is 5.32 Å². The lowest BCUT2D eigenvalue weighted by Gasteiger charge is -2.16. The number of aromatic hydroxyl groups is 1. The SMILES string of the molecule is OC[C@@H](NCc1cc(O)cc(F)c1)c1ccccc1. The number of halogens is 1. The van der Waals surface area contributed by atoms with Gasteiger partial charge in [-0.05, 0) is 23.3 Å². The Bertz CT molecular complexity index is 511. The number of aliphatic hydroxyl groups is 1. The van der Waals surface area contributed by atoms with E-state index in [1.54, 1.807) is 0 Å². The Morgan fingerprint density at radius 2 is 1.84 bits per heavy atom. The Kier molecular flexibility index (Phi) is 4.49. The van der Waals surface area contributed by atoms with Crippen LogP contribution in [0.1, 0.15) is 17.2 Å². The summed E-state index contributed by atoms with van der Waals surface area (Å²) in [4.78, 5) is 0. The Balaban J connectivity index is 2.04. The Hall–Kier alpha value is -1.91. The van der Waals surface area contributed by atoms with Gasteiger partial charge in [-0.3, -0.25) is 0 Å². The van der Waals surface area contributed by atoms with E-state index in [4.69, 9.17) is 0 Å². The minimum absolute atomic E-state index is 0.0503. The molecule has 0 bridgehead atoms. The van der Waals surface area contributed by atoms with Gasteiger partial charge in [-0.1, -0.05) is 30.3 Å². The van der Waals surface area contributed by atoms with E-state index in [9.17, 15) is 14.6 Å². The second kappa shape index (κ2) is 6.31. The summed E-state index contributed by atoms with van der Waals surface area (Å²) >= 11 is 0. The molecule has 4 heteroatoms. The van der Waals surface area contributed by atoms with Crippen LogP contribution in [-0.4, -0.2) is 16.8 Å². The summed E-state index contributed by atoms with van der Waals surface area (Å²) in [5, 5.41) is 21.8. The van der Waals surface area contributed by atoms with Crippen LogP contribution in [0, 0.1) is 5.82 Å². The second-order valence-corrected chi connectivity index (χ2v) is 4.34. The average Bonchev–Trinajstić information content (AvgIpc) is 2.39. The fraction of sp³-hybridized carbons (Fsp3) is 0.200. The minimum atomic E-state index is -0.475. The van der Waals surface area contributed by atoms with Crippen molar-refractivity contribution < 1.29 is 14.6 Å². The van der Waals surface area contributed by atoms with E-state index in [1.807, 2.05) is 30.3 Å². The number of aliphatic hydroxyl groups excluding tert-OH is 1. The molecule has 0 amide bonds. The van der Waals surface area contributed by atoms with E-state index >= 15 is 0 Å². The minimum Gasteiger partial charge on any atom is -0.508 e. The van der Waals surface area contributed by atoms with Crippen molar-refractivity contribution in [3.63, 3.8) is 0 Å². The molecule has 0 aliphatic heterocycles. The first-order chi connectivity index (χ1) is 9.19. The van der Waals surface area contributed by atoms with Crippen LogP contribution in [0.2, 0.25) is 0 Å². The van der Waals surface area contributed by atoms with Crippen LogP contribution in [0.15, 0.2) is 48.5 Å². The van der Waals surface area contributed by atoms with Crippen molar-refractivity contribution in [3.8, 4) is 5.75 Å². The van der Waals surface area contributed by atoms with Crippen molar-refractivity contribution in [2.24, 2.45) is 0 Å². The normalized spacial score (nSPS) is 12.3. The summed E-state index contributed by atoms with van der Waals surface area (Å²) in [5.41, 5.74) is 1.59. The number of benzene rings is 2. The van der Waals surface area contributed by atoms with Crippen LogP contribution >= 0.6 is 0 Å². The summed E-state index contributed by atoms with van der Waals surface area (Å²) in [6, 6.07) is 13.2. The summed E-state index contributed by atoms with van der Waals surface area (Å²) < 4.78 is 13.1. The van der Waals surface area contributed by atoms with Crippen LogP contribution in [0.5, 0.6) is 5.75 Å². The highest BCUT2D eigenvalue weighted by molar-refractivity contribution is 5.28. The highest BCUT2D eigenvalue weighted by atomic mass is 19.1. The zero-order valence-electron chi connectivity index (χ0n) is 10.4. The zero-order chi connectivity index (χ0) is 13.7. The average molecular weight is 261 g/mol. The van der Waals surface area contributed by atoms with Crippen molar-refractivity contribution >= 4 is 0 Å². The third-order valence-corrected chi connectivity index (χ3v) is 2.88. The van der Waals surface area contributed by atoms with Gasteiger partial charge in [-0.2, -0.15) is 0 Å². The van der Waals surface area contributed by atoms with Gasteiger partial charge < -0.3 is 15.5 Å². The zero-order valence-corrected chi connectivity index (χ0v) is 10.4. The molecular weight excluding hydrogens is 245 g/mol. The number of phenolic OH excluding ortho intramolecular Hbond substituents is 1. The maximum absolute atomic E-state index is 13.1. The summed E-state index contributed by atoms with van der Waals surface area (Å²) in [5.74, 6) is -0.575. The molecular formula is C15H16FNO2. The molecule has 2 rings (SSSR count). The molecule has 0 aliphatic carbocycles. The molecule has 0 unspecified atom stereocenters. The molecule has 19 heavy (non-hydrogen) atoms. The number of rotatable bonds is 5.